The quantitative estimate of drug-likeness (QED) is 0.0306. The standard InChI is InChI=1S/C76H80O11Si/c1-76(2,3)88(65-45-27-11-28-46-65,66-47-29-12-30-48-66)87-68(57-79-50-59-33-15-5-16-34-59)70(81-52-61-37-19-7-20-38-61)72(83-54-63-41-23-9-24-42-63)74(77)86-75-73(84-55-64-43-25-10-26-44-64)71(82-53-62-39-21-8-22-40-62)69(80-51-60-35-17-6-18-36-60)67(85-75)56-78-49-58-31-13-4-14-32-58/h4-48,67-73,75H,49-57H2,1-3H3/t67-,68-,69-,70-,71+,72+,73-,75-/m1/s1. The molecule has 0 saturated carbocycles. The second-order valence-electron chi connectivity index (χ2n) is 23.1. The first-order chi connectivity index (χ1) is 43.2. The molecule has 10 rings (SSSR count). The summed E-state index contributed by atoms with van der Waals surface area (Å²) in [5, 5.41) is 1.57. The highest BCUT2D eigenvalue weighted by Gasteiger charge is 2.55. The lowest BCUT2D eigenvalue weighted by Crippen LogP contribution is -2.69. The Morgan fingerprint density at radius 1 is 0.409 bits per heavy atom. The van der Waals surface area contributed by atoms with Crippen LogP contribution in [-0.2, 0) is 98.1 Å². The average Bonchev–Trinajstić information content (AvgIpc) is 1.93. The molecule has 1 fully saturated rings. The second-order valence-corrected chi connectivity index (χ2v) is 27.3. The molecule has 12 heteroatoms. The minimum atomic E-state index is -3.47. The van der Waals surface area contributed by atoms with Crippen LogP contribution < -0.4 is 10.4 Å². The van der Waals surface area contributed by atoms with Crippen LogP contribution in [0.5, 0.6) is 0 Å². The van der Waals surface area contributed by atoms with E-state index in [1.165, 1.54) is 0 Å². The van der Waals surface area contributed by atoms with Gasteiger partial charge in [0.05, 0.1) is 65.6 Å². The Labute approximate surface area is 520 Å². The van der Waals surface area contributed by atoms with Crippen molar-refractivity contribution >= 4 is 24.7 Å². The first-order valence-corrected chi connectivity index (χ1v) is 32.3. The Morgan fingerprint density at radius 3 is 1.16 bits per heavy atom. The van der Waals surface area contributed by atoms with Crippen LogP contribution in [0.1, 0.15) is 59.7 Å². The molecule has 1 saturated heterocycles. The van der Waals surface area contributed by atoms with Gasteiger partial charge in [0.25, 0.3) is 8.32 Å². The van der Waals surface area contributed by atoms with Gasteiger partial charge >= 0.3 is 5.97 Å². The van der Waals surface area contributed by atoms with E-state index in [0.29, 0.717) is 0 Å². The van der Waals surface area contributed by atoms with E-state index in [-0.39, 0.29) is 59.5 Å². The van der Waals surface area contributed by atoms with Crippen LogP contribution in [0.3, 0.4) is 0 Å². The Bertz CT molecular complexity index is 3350. The molecule has 8 atom stereocenters. The predicted molar refractivity (Wildman–Crippen MR) is 345 cm³/mol. The molecule has 9 aromatic carbocycles. The van der Waals surface area contributed by atoms with Gasteiger partial charge in [0, 0.05) is 0 Å². The Kier molecular flexibility index (Phi) is 23.4. The van der Waals surface area contributed by atoms with E-state index in [1.807, 2.05) is 224 Å². The average molecular weight is 1200 g/mol. The summed E-state index contributed by atoms with van der Waals surface area (Å²) in [6.45, 7) is 7.88. The van der Waals surface area contributed by atoms with Crippen LogP contribution in [0.25, 0.3) is 0 Å². The molecule has 0 radical (unpaired) electrons. The minimum absolute atomic E-state index is 0.00325. The third kappa shape index (κ3) is 17.5. The SMILES string of the molecule is CC(C)(C)[Si](O[C@H](COCc1ccccc1)[C@@H](OCc1ccccc1)[C@H](OCc1ccccc1)C(=O)O[C@H]1O[C@H](COCc2ccccc2)[C@@H](OCc2ccccc2)[C@H](OCc2ccccc2)[C@H]1OCc1ccccc1)(c1ccccc1)c1ccccc1. The maximum absolute atomic E-state index is 16.4. The minimum Gasteiger partial charge on any atom is -0.431 e. The Morgan fingerprint density at radius 2 is 0.750 bits per heavy atom. The summed E-state index contributed by atoms with van der Waals surface area (Å²) in [7, 11) is -3.47. The number of rotatable bonds is 31. The maximum atomic E-state index is 16.4. The lowest BCUT2D eigenvalue weighted by Gasteiger charge is -2.47. The van der Waals surface area contributed by atoms with Gasteiger partial charge in [-0.05, 0) is 54.4 Å². The fourth-order valence-electron chi connectivity index (χ4n) is 11.2. The lowest BCUT2D eigenvalue weighted by atomic mass is 9.97. The number of carbonyl (C=O) groups excluding carboxylic acids is 1. The topological polar surface area (TPSA) is 109 Å². The molecular weight excluding hydrogens is 1120 g/mol. The Balaban J connectivity index is 1.10. The summed E-state index contributed by atoms with van der Waals surface area (Å²) in [5.41, 5.74) is 6.42. The van der Waals surface area contributed by atoms with E-state index in [9.17, 15) is 0 Å². The highest BCUT2D eigenvalue weighted by Crippen LogP contribution is 2.39. The molecule has 0 aliphatic carbocycles. The smallest absolute Gasteiger partial charge is 0.340 e. The normalized spacial score (nSPS) is 18.0. The summed E-state index contributed by atoms with van der Waals surface area (Å²) in [4.78, 5) is 16.4. The highest BCUT2D eigenvalue weighted by molar-refractivity contribution is 6.99. The van der Waals surface area contributed by atoms with Crippen molar-refractivity contribution < 1.29 is 51.9 Å². The highest BCUT2D eigenvalue weighted by atomic mass is 28.4. The van der Waals surface area contributed by atoms with Crippen LogP contribution in [0.4, 0.5) is 0 Å². The summed E-state index contributed by atoms with van der Waals surface area (Å²) >= 11 is 0. The molecule has 0 amide bonds. The van der Waals surface area contributed by atoms with E-state index >= 15 is 4.79 Å². The molecular formula is C76H80O11Si. The number of benzene rings is 9. The van der Waals surface area contributed by atoms with Gasteiger partial charge in [-0.3, -0.25) is 0 Å². The van der Waals surface area contributed by atoms with Crippen LogP contribution in [0.2, 0.25) is 5.04 Å². The van der Waals surface area contributed by atoms with Crippen LogP contribution in [-0.4, -0.2) is 76.5 Å². The first-order valence-electron chi connectivity index (χ1n) is 30.4. The van der Waals surface area contributed by atoms with Crippen molar-refractivity contribution in [3.05, 3.63) is 312 Å². The monoisotopic (exact) mass is 1200 g/mol. The molecule has 454 valence electrons. The zero-order chi connectivity index (χ0) is 60.6. The number of esters is 1. The molecule has 88 heavy (non-hydrogen) atoms. The van der Waals surface area contributed by atoms with Gasteiger partial charge in [-0.15, -0.1) is 0 Å². The third-order valence-corrected chi connectivity index (χ3v) is 20.7. The van der Waals surface area contributed by atoms with Crippen LogP contribution in [0.15, 0.2) is 273 Å². The van der Waals surface area contributed by atoms with Crippen molar-refractivity contribution in [2.45, 2.75) is 121 Å². The van der Waals surface area contributed by atoms with Gasteiger partial charge in [-0.2, -0.15) is 0 Å². The van der Waals surface area contributed by atoms with Crippen molar-refractivity contribution in [1.29, 1.82) is 0 Å². The molecule has 0 unspecified atom stereocenters. The number of hydrogen-bond donors (Lipinski definition) is 0. The molecule has 0 spiro atoms. The molecule has 0 bridgehead atoms. The van der Waals surface area contributed by atoms with Crippen molar-refractivity contribution in [3.8, 4) is 0 Å². The Hall–Kier alpha value is -7.69. The summed E-state index contributed by atoms with van der Waals surface area (Å²) in [5.74, 6) is -0.777. The first kappa shape index (κ1) is 63.3. The third-order valence-electron chi connectivity index (χ3n) is 15.7. The predicted octanol–water partition coefficient (Wildman–Crippen LogP) is 13.6. The zero-order valence-corrected chi connectivity index (χ0v) is 51.5. The molecule has 11 nitrogen and oxygen atoms in total. The van der Waals surface area contributed by atoms with E-state index in [2.05, 4.69) is 69.3 Å². The van der Waals surface area contributed by atoms with E-state index in [1.54, 1.807) is 0 Å². The molecule has 0 N–H and O–H groups in total. The fraction of sp³-hybridized carbons (Fsp3) is 0.276. The van der Waals surface area contributed by atoms with Crippen LogP contribution in [0, 0.1) is 0 Å². The van der Waals surface area contributed by atoms with Gasteiger partial charge in [0.2, 0.25) is 6.29 Å². The van der Waals surface area contributed by atoms with Gasteiger partial charge in [0.1, 0.15) is 30.5 Å². The van der Waals surface area contributed by atoms with Crippen molar-refractivity contribution in [1.82, 2.24) is 0 Å². The van der Waals surface area contributed by atoms with Gasteiger partial charge in [0.15, 0.2) is 6.10 Å². The fourth-order valence-corrected chi connectivity index (χ4v) is 15.9. The van der Waals surface area contributed by atoms with Crippen LogP contribution >= 0.6 is 0 Å². The second kappa shape index (κ2) is 32.5. The molecule has 1 aliphatic heterocycles. The maximum Gasteiger partial charge on any atom is 0.340 e. The molecule has 9 aromatic rings. The summed E-state index contributed by atoms with van der Waals surface area (Å²) in [6.07, 6.45) is -8.66. The van der Waals surface area contributed by atoms with E-state index in [4.69, 9.17) is 47.1 Å². The lowest BCUT2D eigenvalue weighted by molar-refractivity contribution is -0.323. The molecule has 1 aliphatic rings. The summed E-state index contributed by atoms with van der Waals surface area (Å²) in [6, 6.07) is 90.2. The zero-order valence-electron chi connectivity index (χ0n) is 50.5. The van der Waals surface area contributed by atoms with Crippen molar-refractivity contribution in [2.24, 2.45) is 0 Å². The van der Waals surface area contributed by atoms with Gasteiger partial charge < -0.3 is 47.1 Å². The van der Waals surface area contributed by atoms with Gasteiger partial charge in [-0.1, -0.05) is 294 Å². The number of carbonyl (C=O) groups is 1. The van der Waals surface area contributed by atoms with Crippen molar-refractivity contribution in [2.75, 3.05) is 13.2 Å². The number of ether oxygens (including phenoxy) is 9. The molecule has 1 heterocycles. The largest absolute Gasteiger partial charge is 0.431 e. The van der Waals surface area contributed by atoms with E-state index in [0.717, 1.165) is 49.3 Å². The molecule has 0 aromatic heterocycles. The van der Waals surface area contributed by atoms with Gasteiger partial charge in [-0.25, -0.2) is 4.79 Å². The van der Waals surface area contributed by atoms with E-state index < -0.39 is 68.3 Å². The number of hydrogen-bond acceptors (Lipinski definition) is 11. The van der Waals surface area contributed by atoms with Crippen molar-refractivity contribution in [3.63, 3.8) is 0 Å². The summed E-state index contributed by atoms with van der Waals surface area (Å²) < 4.78 is 71.2.